The van der Waals surface area contributed by atoms with Gasteiger partial charge in [0.1, 0.15) is 11.3 Å². The number of nitrogens with one attached hydrogen (secondary N) is 2. The van der Waals surface area contributed by atoms with Crippen LogP contribution in [-0.2, 0) is 11.3 Å². The molecule has 7 heteroatoms. The lowest BCUT2D eigenvalue weighted by Crippen LogP contribution is -2.23. The monoisotopic (exact) mass is 395 g/mol. The number of ether oxygens (including phenoxy) is 1. The van der Waals surface area contributed by atoms with Crippen molar-refractivity contribution in [3.63, 3.8) is 0 Å². The van der Waals surface area contributed by atoms with Crippen molar-refractivity contribution < 1.29 is 14.3 Å². The third-order valence-electron chi connectivity index (χ3n) is 3.78. The molecule has 142 valence electrons. The normalized spacial score (nSPS) is 10.2. The van der Waals surface area contributed by atoms with E-state index in [1.54, 1.807) is 42.5 Å². The molecule has 2 aromatic carbocycles. The average Bonchev–Trinajstić information content (AvgIpc) is 2.67. The van der Waals surface area contributed by atoms with E-state index in [1.165, 1.54) is 13.1 Å². The van der Waals surface area contributed by atoms with Crippen LogP contribution in [0.2, 0.25) is 5.02 Å². The zero-order valence-electron chi connectivity index (χ0n) is 15.1. The molecule has 0 aliphatic rings. The van der Waals surface area contributed by atoms with E-state index in [1.807, 2.05) is 18.2 Å². The molecule has 0 aliphatic heterocycles. The van der Waals surface area contributed by atoms with Crippen LogP contribution in [0.4, 0.5) is 5.69 Å². The van der Waals surface area contributed by atoms with Crippen LogP contribution in [0.25, 0.3) is 0 Å². The smallest absolute Gasteiger partial charge is 0.257 e. The van der Waals surface area contributed by atoms with E-state index in [0.29, 0.717) is 22.0 Å². The molecule has 0 fully saturated rings. The molecule has 6 nitrogen and oxygen atoms in total. The van der Waals surface area contributed by atoms with Crippen molar-refractivity contribution in [2.45, 2.75) is 13.5 Å². The second kappa shape index (κ2) is 9.01. The van der Waals surface area contributed by atoms with Crippen LogP contribution in [0.15, 0.2) is 66.9 Å². The summed E-state index contributed by atoms with van der Waals surface area (Å²) in [6.07, 6.45) is 1.54. The first-order chi connectivity index (χ1) is 13.5. The van der Waals surface area contributed by atoms with Gasteiger partial charge in [-0.3, -0.25) is 9.59 Å². The third kappa shape index (κ3) is 5.08. The summed E-state index contributed by atoms with van der Waals surface area (Å²) in [6, 6.07) is 17.4. The molecule has 1 heterocycles. The first-order valence-corrected chi connectivity index (χ1v) is 8.93. The van der Waals surface area contributed by atoms with Crippen molar-refractivity contribution in [1.29, 1.82) is 0 Å². The van der Waals surface area contributed by atoms with Gasteiger partial charge >= 0.3 is 0 Å². The third-order valence-corrected chi connectivity index (χ3v) is 4.15. The van der Waals surface area contributed by atoms with Gasteiger partial charge in [0.2, 0.25) is 11.8 Å². The number of rotatable bonds is 6. The average molecular weight is 396 g/mol. The van der Waals surface area contributed by atoms with Gasteiger partial charge in [0.25, 0.3) is 5.91 Å². The van der Waals surface area contributed by atoms with E-state index >= 15 is 0 Å². The Morgan fingerprint density at radius 1 is 1.07 bits per heavy atom. The lowest BCUT2D eigenvalue weighted by Gasteiger charge is -2.12. The molecule has 0 radical (unpaired) electrons. The highest BCUT2D eigenvalue weighted by molar-refractivity contribution is 6.31. The maximum atomic E-state index is 12.6. The molecule has 0 atom stereocenters. The molecule has 0 saturated heterocycles. The standard InChI is InChI=1S/C21H18ClN3O3/c1-14(26)25-16-7-4-8-17(12-16)28-21-18(9-5-11-23-21)20(27)24-13-15-6-2-3-10-19(15)22/h2-12H,13H2,1H3,(H,24,27)(H,25,26). The van der Waals surface area contributed by atoms with Crippen molar-refractivity contribution >= 4 is 29.1 Å². The summed E-state index contributed by atoms with van der Waals surface area (Å²) in [5, 5.41) is 6.08. The van der Waals surface area contributed by atoms with Crippen LogP contribution >= 0.6 is 11.6 Å². The fourth-order valence-electron chi connectivity index (χ4n) is 2.51. The Balaban J connectivity index is 1.75. The summed E-state index contributed by atoms with van der Waals surface area (Å²) in [6.45, 7) is 1.71. The number of pyridine rings is 1. The highest BCUT2D eigenvalue weighted by Gasteiger charge is 2.15. The second-order valence-electron chi connectivity index (χ2n) is 5.94. The highest BCUT2D eigenvalue weighted by atomic mass is 35.5. The predicted molar refractivity (Wildman–Crippen MR) is 108 cm³/mol. The van der Waals surface area contributed by atoms with E-state index in [2.05, 4.69) is 15.6 Å². The molecule has 0 aliphatic carbocycles. The molecule has 2 N–H and O–H groups in total. The maximum Gasteiger partial charge on any atom is 0.257 e. The Kier molecular flexibility index (Phi) is 6.24. The highest BCUT2D eigenvalue weighted by Crippen LogP contribution is 2.25. The molecule has 3 aromatic rings. The quantitative estimate of drug-likeness (QED) is 0.647. The number of aromatic nitrogens is 1. The van der Waals surface area contributed by atoms with E-state index in [9.17, 15) is 9.59 Å². The topological polar surface area (TPSA) is 80.3 Å². The number of halogens is 1. The lowest BCUT2D eigenvalue weighted by molar-refractivity contribution is -0.114. The van der Waals surface area contributed by atoms with Gasteiger partial charge in [-0.05, 0) is 35.9 Å². The van der Waals surface area contributed by atoms with E-state index in [-0.39, 0.29) is 24.2 Å². The molecule has 0 saturated carbocycles. The number of benzene rings is 2. The number of amides is 2. The summed E-state index contributed by atoms with van der Waals surface area (Å²) >= 11 is 6.12. The fourth-order valence-corrected chi connectivity index (χ4v) is 2.71. The van der Waals surface area contributed by atoms with Crippen LogP contribution in [0, 0.1) is 0 Å². The maximum absolute atomic E-state index is 12.6. The van der Waals surface area contributed by atoms with E-state index in [0.717, 1.165) is 5.56 Å². The van der Waals surface area contributed by atoms with Gasteiger partial charge in [-0.25, -0.2) is 4.98 Å². The molecule has 0 bridgehead atoms. The number of nitrogens with zero attached hydrogens (tertiary/aromatic N) is 1. The van der Waals surface area contributed by atoms with Gasteiger partial charge in [-0.1, -0.05) is 35.9 Å². The Hall–Kier alpha value is -3.38. The number of hydrogen-bond acceptors (Lipinski definition) is 4. The predicted octanol–water partition coefficient (Wildman–Crippen LogP) is 4.42. The van der Waals surface area contributed by atoms with E-state index in [4.69, 9.17) is 16.3 Å². The Bertz CT molecular complexity index is 1010. The molecule has 2 amide bonds. The van der Waals surface area contributed by atoms with Gasteiger partial charge in [-0.15, -0.1) is 0 Å². The van der Waals surface area contributed by atoms with Crippen molar-refractivity contribution in [2.75, 3.05) is 5.32 Å². The minimum atomic E-state index is -0.332. The van der Waals surface area contributed by atoms with Crippen LogP contribution in [-0.4, -0.2) is 16.8 Å². The fraction of sp³-hybridized carbons (Fsp3) is 0.0952. The van der Waals surface area contributed by atoms with Gasteiger partial charge in [0.15, 0.2) is 0 Å². The summed E-state index contributed by atoms with van der Waals surface area (Å²) in [4.78, 5) is 28.0. The summed E-state index contributed by atoms with van der Waals surface area (Å²) in [7, 11) is 0. The van der Waals surface area contributed by atoms with Crippen LogP contribution in [0.1, 0.15) is 22.8 Å². The zero-order chi connectivity index (χ0) is 19.9. The van der Waals surface area contributed by atoms with Gasteiger partial charge in [0.05, 0.1) is 0 Å². The van der Waals surface area contributed by atoms with Gasteiger partial charge in [-0.2, -0.15) is 0 Å². The van der Waals surface area contributed by atoms with Gasteiger partial charge in [0, 0.05) is 36.4 Å². The molecule has 28 heavy (non-hydrogen) atoms. The van der Waals surface area contributed by atoms with Gasteiger partial charge < -0.3 is 15.4 Å². The molecular formula is C21H18ClN3O3. The zero-order valence-corrected chi connectivity index (χ0v) is 15.9. The first kappa shape index (κ1) is 19.4. The summed E-state index contributed by atoms with van der Waals surface area (Å²) < 4.78 is 5.78. The molecular weight excluding hydrogens is 378 g/mol. The van der Waals surface area contributed by atoms with Crippen molar-refractivity contribution in [2.24, 2.45) is 0 Å². The number of anilines is 1. The van der Waals surface area contributed by atoms with E-state index < -0.39 is 0 Å². The van der Waals surface area contributed by atoms with Crippen LogP contribution < -0.4 is 15.4 Å². The summed E-state index contributed by atoms with van der Waals surface area (Å²) in [5.41, 5.74) is 1.69. The molecule has 0 unspecified atom stereocenters. The SMILES string of the molecule is CC(=O)Nc1cccc(Oc2ncccc2C(=O)NCc2ccccc2Cl)c1. The molecule has 3 rings (SSSR count). The minimum absolute atomic E-state index is 0.166. The number of carbonyl (C=O) groups is 2. The Labute approximate surface area is 167 Å². The van der Waals surface area contributed by atoms with Crippen molar-refractivity contribution in [3.05, 3.63) is 83.0 Å². The second-order valence-corrected chi connectivity index (χ2v) is 6.35. The number of hydrogen-bond donors (Lipinski definition) is 2. The van der Waals surface area contributed by atoms with Crippen LogP contribution in [0.5, 0.6) is 11.6 Å². The minimum Gasteiger partial charge on any atom is -0.438 e. The first-order valence-electron chi connectivity index (χ1n) is 8.55. The molecule has 1 aromatic heterocycles. The van der Waals surface area contributed by atoms with Crippen LogP contribution in [0.3, 0.4) is 0 Å². The lowest BCUT2D eigenvalue weighted by atomic mass is 10.2. The van der Waals surface area contributed by atoms with Crippen molar-refractivity contribution in [1.82, 2.24) is 10.3 Å². The Morgan fingerprint density at radius 3 is 2.68 bits per heavy atom. The Morgan fingerprint density at radius 2 is 1.89 bits per heavy atom. The number of carbonyl (C=O) groups excluding carboxylic acids is 2. The largest absolute Gasteiger partial charge is 0.438 e. The summed E-state index contributed by atoms with van der Waals surface area (Å²) in [5.74, 6) is 0.0971. The molecule has 0 spiro atoms. The van der Waals surface area contributed by atoms with Crippen molar-refractivity contribution in [3.8, 4) is 11.6 Å².